The fourth-order valence-electron chi connectivity index (χ4n) is 1.18. The lowest BCUT2D eigenvalue weighted by atomic mass is 10.3. The van der Waals surface area contributed by atoms with Crippen LogP contribution < -0.4 is 15.7 Å². The second-order valence-electron chi connectivity index (χ2n) is 2.95. The van der Waals surface area contributed by atoms with Crippen LogP contribution in [0, 0.1) is 0 Å². The smallest absolute Gasteiger partial charge is 0.319 e. The van der Waals surface area contributed by atoms with E-state index in [0.29, 0.717) is 5.69 Å². The molecule has 5 heteroatoms. The van der Waals surface area contributed by atoms with Gasteiger partial charge in [0.15, 0.2) is 0 Å². The van der Waals surface area contributed by atoms with E-state index in [1.165, 1.54) is 4.90 Å². The average Bonchev–Trinajstić information content (AvgIpc) is 2.18. The Labute approximate surface area is 87.1 Å². The number of rotatable bonds is 4. The third-order valence-corrected chi connectivity index (χ3v) is 1.87. The van der Waals surface area contributed by atoms with Crippen molar-refractivity contribution in [1.82, 2.24) is 0 Å². The Morgan fingerprint density at radius 2 is 1.87 bits per heavy atom. The maximum absolute atomic E-state index is 11.0. The van der Waals surface area contributed by atoms with Crippen LogP contribution in [0.5, 0.6) is 0 Å². The fraction of sp³-hybridized carbons (Fsp3) is 0.200. The minimum Gasteiger partial charge on any atom is -0.550 e. The van der Waals surface area contributed by atoms with Gasteiger partial charge in [-0.3, -0.25) is 4.90 Å². The Morgan fingerprint density at radius 3 is 2.33 bits per heavy atom. The molecule has 15 heavy (non-hydrogen) atoms. The van der Waals surface area contributed by atoms with Crippen LogP contribution in [-0.2, 0) is 4.79 Å². The lowest BCUT2D eigenvalue weighted by Gasteiger charge is -2.20. The molecule has 0 fully saturated rings. The Kier molecular flexibility index (Phi) is 3.68. The molecule has 2 N–H and O–H groups in total. The number of carbonyl (C=O) groups excluding carboxylic acids is 2. The highest BCUT2D eigenvalue weighted by Gasteiger charge is 2.10. The SMILES string of the molecule is NC(=O)N(CCC(=O)[O-])c1ccccc1. The molecule has 0 aliphatic carbocycles. The first kappa shape index (κ1) is 11.0. The second kappa shape index (κ2) is 4.99. The summed E-state index contributed by atoms with van der Waals surface area (Å²) in [7, 11) is 0. The first-order valence-electron chi connectivity index (χ1n) is 4.43. The molecular weight excluding hydrogens is 196 g/mol. The molecule has 0 aromatic heterocycles. The van der Waals surface area contributed by atoms with E-state index in [0.717, 1.165) is 0 Å². The summed E-state index contributed by atoms with van der Waals surface area (Å²) in [5.41, 5.74) is 5.70. The van der Waals surface area contributed by atoms with Crippen LogP contribution in [0.1, 0.15) is 6.42 Å². The normalized spacial score (nSPS) is 9.60. The molecule has 0 atom stereocenters. The third kappa shape index (κ3) is 3.30. The number of urea groups is 1. The van der Waals surface area contributed by atoms with Crippen LogP contribution in [0.3, 0.4) is 0 Å². The van der Waals surface area contributed by atoms with Crippen LogP contribution >= 0.6 is 0 Å². The number of hydrogen-bond acceptors (Lipinski definition) is 3. The number of nitrogens with two attached hydrogens (primary N) is 1. The molecule has 0 aliphatic heterocycles. The minimum absolute atomic E-state index is 0.0156. The van der Waals surface area contributed by atoms with E-state index in [9.17, 15) is 14.7 Å². The number of para-hydroxylation sites is 1. The fourth-order valence-corrected chi connectivity index (χ4v) is 1.18. The molecule has 0 unspecified atom stereocenters. The highest BCUT2D eigenvalue weighted by molar-refractivity contribution is 5.91. The van der Waals surface area contributed by atoms with E-state index in [1.807, 2.05) is 0 Å². The van der Waals surface area contributed by atoms with E-state index in [4.69, 9.17) is 5.73 Å². The summed E-state index contributed by atoms with van der Waals surface area (Å²) in [6.45, 7) is 0.0156. The van der Waals surface area contributed by atoms with Gasteiger partial charge in [0.1, 0.15) is 0 Å². The summed E-state index contributed by atoms with van der Waals surface area (Å²) in [5, 5.41) is 10.3. The number of carbonyl (C=O) groups is 2. The molecule has 0 spiro atoms. The number of anilines is 1. The van der Waals surface area contributed by atoms with Gasteiger partial charge in [-0.2, -0.15) is 0 Å². The summed E-state index contributed by atoms with van der Waals surface area (Å²) in [4.78, 5) is 22.5. The quantitative estimate of drug-likeness (QED) is 0.736. The predicted molar refractivity (Wildman–Crippen MR) is 53.0 cm³/mol. The van der Waals surface area contributed by atoms with Crippen molar-refractivity contribution in [3.05, 3.63) is 30.3 Å². The average molecular weight is 207 g/mol. The van der Waals surface area contributed by atoms with Gasteiger partial charge >= 0.3 is 6.03 Å². The van der Waals surface area contributed by atoms with Crippen molar-refractivity contribution < 1.29 is 14.7 Å². The number of carboxylic acid groups (broad SMARTS) is 1. The summed E-state index contributed by atoms with van der Waals surface area (Å²) in [5.74, 6) is -1.21. The van der Waals surface area contributed by atoms with Gasteiger partial charge in [0.25, 0.3) is 0 Å². The third-order valence-electron chi connectivity index (χ3n) is 1.87. The topological polar surface area (TPSA) is 86.5 Å². The van der Waals surface area contributed by atoms with Crippen LogP contribution in [0.4, 0.5) is 10.5 Å². The Morgan fingerprint density at radius 1 is 1.27 bits per heavy atom. The first-order chi connectivity index (χ1) is 7.11. The molecule has 0 aliphatic rings. The van der Waals surface area contributed by atoms with Crippen molar-refractivity contribution in [2.45, 2.75) is 6.42 Å². The van der Waals surface area contributed by atoms with Crippen molar-refractivity contribution in [3.8, 4) is 0 Å². The van der Waals surface area contributed by atoms with Gasteiger partial charge in [0.05, 0.1) is 0 Å². The minimum atomic E-state index is -1.21. The molecule has 0 saturated heterocycles. The van der Waals surface area contributed by atoms with Crippen LogP contribution in [0.15, 0.2) is 30.3 Å². The number of hydrogen-bond donors (Lipinski definition) is 1. The van der Waals surface area contributed by atoms with Gasteiger partial charge in [-0.15, -0.1) is 0 Å². The van der Waals surface area contributed by atoms with Gasteiger partial charge in [-0.1, -0.05) is 18.2 Å². The van der Waals surface area contributed by atoms with Gasteiger partial charge in [0.2, 0.25) is 0 Å². The lowest BCUT2D eigenvalue weighted by Crippen LogP contribution is -2.39. The molecule has 0 heterocycles. The van der Waals surface area contributed by atoms with Crippen molar-refractivity contribution in [3.63, 3.8) is 0 Å². The van der Waals surface area contributed by atoms with E-state index in [-0.39, 0.29) is 13.0 Å². The molecule has 0 saturated carbocycles. The highest BCUT2D eigenvalue weighted by atomic mass is 16.4. The number of benzene rings is 1. The first-order valence-corrected chi connectivity index (χ1v) is 4.43. The summed E-state index contributed by atoms with van der Waals surface area (Å²) < 4.78 is 0. The number of primary amides is 1. The molecule has 5 nitrogen and oxygen atoms in total. The zero-order valence-electron chi connectivity index (χ0n) is 8.05. The Hall–Kier alpha value is -2.04. The Bertz CT molecular complexity index is 351. The van der Waals surface area contributed by atoms with E-state index >= 15 is 0 Å². The molecule has 1 rings (SSSR count). The Balaban J connectivity index is 2.75. The number of amides is 2. The molecule has 0 bridgehead atoms. The van der Waals surface area contributed by atoms with E-state index in [2.05, 4.69) is 0 Å². The lowest BCUT2D eigenvalue weighted by molar-refractivity contribution is -0.305. The zero-order chi connectivity index (χ0) is 11.3. The van der Waals surface area contributed by atoms with E-state index in [1.54, 1.807) is 30.3 Å². The van der Waals surface area contributed by atoms with Gasteiger partial charge in [-0.25, -0.2) is 4.79 Å². The maximum Gasteiger partial charge on any atom is 0.319 e. The number of carboxylic acids is 1. The van der Waals surface area contributed by atoms with Crippen LogP contribution in [0.2, 0.25) is 0 Å². The van der Waals surface area contributed by atoms with Crippen LogP contribution in [0.25, 0.3) is 0 Å². The van der Waals surface area contributed by atoms with Crippen molar-refractivity contribution in [1.29, 1.82) is 0 Å². The largest absolute Gasteiger partial charge is 0.550 e. The molecule has 1 aromatic carbocycles. The zero-order valence-corrected chi connectivity index (χ0v) is 8.05. The molecule has 2 amide bonds. The van der Waals surface area contributed by atoms with Crippen molar-refractivity contribution in [2.75, 3.05) is 11.4 Å². The highest BCUT2D eigenvalue weighted by Crippen LogP contribution is 2.12. The monoisotopic (exact) mass is 207 g/mol. The maximum atomic E-state index is 11.0. The van der Waals surface area contributed by atoms with Crippen molar-refractivity contribution in [2.24, 2.45) is 5.73 Å². The van der Waals surface area contributed by atoms with E-state index < -0.39 is 12.0 Å². The number of nitrogens with zero attached hydrogens (tertiary/aromatic N) is 1. The van der Waals surface area contributed by atoms with Gasteiger partial charge in [0, 0.05) is 24.6 Å². The van der Waals surface area contributed by atoms with Crippen molar-refractivity contribution >= 4 is 17.7 Å². The standard InChI is InChI=1S/C10H12N2O3/c11-10(15)12(7-6-9(13)14)8-4-2-1-3-5-8/h1-5H,6-7H2,(H2,11,15)(H,13,14)/p-1. The number of aliphatic carboxylic acids is 1. The molecular formula is C10H11N2O3-. The summed E-state index contributed by atoms with van der Waals surface area (Å²) >= 11 is 0. The molecule has 0 radical (unpaired) electrons. The van der Waals surface area contributed by atoms with Gasteiger partial charge in [-0.05, 0) is 12.1 Å². The summed E-state index contributed by atoms with van der Waals surface area (Å²) in [6.07, 6.45) is -0.238. The van der Waals surface area contributed by atoms with Gasteiger partial charge < -0.3 is 15.6 Å². The van der Waals surface area contributed by atoms with Crippen LogP contribution in [-0.4, -0.2) is 18.5 Å². The molecule has 1 aromatic rings. The predicted octanol–water partition coefficient (Wildman–Crippen LogP) is -0.288. The second-order valence-corrected chi connectivity index (χ2v) is 2.95. The molecule has 80 valence electrons. The summed E-state index contributed by atoms with van der Waals surface area (Å²) in [6, 6.07) is 7.96.